The topological polar surface area (TPSA) is 67.1 Å². The summed E-state index contributed by atoms with van der Waals surface area (Å²) in [5.74, 6) is 0.550. The molecule has 1 amide bonds. The lowest BCUT2D eigenvalue weighted by molar-refractivity contribution is -0.123. The van der Waals surface area contributed by atoms with Crippen LogP contribution < -0.4 is 16.4 Å². The number of carbonyl (C=O) groups excluding carboxylic acids is 1. The Kier molecular flexibility index (Phi) is 8.78. The lowest BCUT2D eigenvalue weighted by atomic mass is 10.1. The molecule has 4 heteroatoms. The van der Waals surface area contributed by atoms with Crippen LogP contribution >= 0.6 is 0 Å². The fourth-order valence-corrected chi connectivity index (χ4v) is 2.33. The van der Waals surface area contributed by atoms with Crippen molar-refractivity contribution in [2.75, 3.05) is 13.1 Å². The molecule has 0 heterocycles. The zero-order valence-corrected chi connectivity index (χ0v) is 14.1. The van der Waals surface area contributed by atoms with E-state index in [4.69, 9.17) is 5.73 Å². The Labute approximate surface area is 134 Å². The Morgan fingerprint density at radius 1 is 1.18 bits per heavy atom. The van der Waals surface area contributed by atoms with Gasteiger partial charge in [-0.2, -0.15) is 0 Å². The smallest absolute Gasteiger partial charge is 0.237 e. The SMILES string of the molecule is CCC[C@H](NCC(N)Cc1ccccc1)C(=O)NCC(C)C. The van der Waals surface area contributed by atoms with Crippen molar-refractivity contribution in [3.05, 3.63) is 35.9 Å². The predicted molar refractivity (Wildman–Crippen MR) is 92.7 cm³/mol. The minimum absolute atomic E-state index is 0.0136. The Morgan fingerprint density at radius 2 is 1.86 bits per heavy atom. The number of hydrogen-bond acceptors (Lipinski definition) is 3. The van der Waals surface area contributed by atoms with Crippen molar-refractivity contribution in [1.29, 1.82) is 0 Å². The number of nitrogens with one attached hydrogen (secondary N) is 2. The summed E-state index contributed by atoms with van der Waals surface area (Å²) in [5.41, 5.74) is 7.41. The summed E-state index contributed by atoms with van der Waals surface area (Å²) in [5, 5.41) is 6.33. The average molecular weight is 305 g/mol. The zero-order valence-electron chi connectivity index (χ0n) is 14.1. The fourth-order valence-electron chi connectivity index (χ4n) is 2.33. The molecule has 22 heavy (non-hydrogen) atoms. The highest BCUT2D eigenvalue weighted by Gasteiger charge is 2.18. The Hall–Kier alpha value is -1.39. The largest absolute Gasteiger partial charge is 0.354 e. The molecule has 0 saturated heterocycles. The third-order valence-electron chi connectivity index (χ3n) is 3.55. The lowest BCUT2D eigenvalue weighted by Crippen LogP contribution is -2.49. The van der Waals surface area contributed by atoms with Crippen molar-refractivity contribution in [2.45, 2.75) is 52.1 Å². The molecule has 0 aliphatic heterocycles. The van der Waals surface area contributed by atoms with Gasteiger partial charge in [-0.25, -0.2) is 0 Å². The standard InChI is InChI=1S/C18H31N3O/c1-4-8-17(18(22)21-12-14(2)3)20-13-16(19)11-15-9-6-5-7-10-15/h5-7,9-10,14,16-17,20H,4,8,11-13,19H2,1-3H3,(H,21,22)/t16?,17-/m0/s1. The van der Waals surface area contributed by atoms with Crippen LogP contribution in [0.4, 0.5) is 0 Å². The summed E-state index contributed by atoms with van der Waals surface area (Å²) in [6.45, 7) is 7.65. The van der Waals surface area contributed by atoms with Crippen LogP contribution in [0.2, 0.25) is 0 Å². The van der Waals surface area contributed by atoms with E-state index in [1.54, 1.807) is 0 Å². The number of benzene rings is 1. The molecule has 2 atom stereocenters. The molecule has 0 fully saturated rings. The summed E-state index contributed by atoms with van der Waals surface area (Å²) in [4.78, 5) is 12.2. The molecule has 1 aromatic rings. The molecule has 0 spiro atoms. The second kappa shape index (κ2) is 10.4. The molecular formula is C18H31N3O. The second-order valence-electron chi connectivity index (χ2n) is 6.34. The monoisotopic (exact) mass is 305 g/mol. The molecule has 4 N–H and O–H groups in total. The first kappa shape index (κ1) is 18.7. The molecule has 0 radical (unpaired) electrons. The van der Waals surface area contributed by atoms with Gasteiger partial charge in [0.25, 0.3) is 0 Å². The maximum Gasteiger partial charge on any atom is 0.237 e. The van der Waals surface area contributed by atoms with Gasteiger partial charge in [0.05, 0.1) is 6.04 Å². The third-order valence-corrected chi connectivity index (χ3v) is 3.55. The number of nitrogens with two attached hydrogens (primary N) is 1. The van der Waals surface area contributed by atoms with Crippen molar-refractivity contribution in [1.82, 2.24) is 10.6 Å². The van der Waals surface area contributed by atoms with Gasteiger partial charge in [-0.05, 0) is 24.3 Å². The number of hydrogen-bond donors (Lipinski definition) is 3. The van der Waals surface area contributed by atoms with E-state index in [9.17, 15) is 4.79 Å². The van der Waals surface area contributed by atoms with Crippen molar-refractivity contribution in [2.24, 2.45) is 11.7 Å². The van der Waals surface area contributed by atoms with Gasteiger partial charge in [0, 0.05) is 19.1 Å². The summed E-state index contributed by atoms with van der Waals surface area (Å²) < 4.78 is 0. The first-order valence-electron chi connectivity index (χ1n) is 8.33. The molecule has 1 aromatic carbocycles. The molecule has 4 nitrogen and oxygen atoms in total. The highest BCUT2D eigenvalue weighted by Crippen LogP contribution is 2.03. The van der Waals surface area contributed by atoms with E-state index in [1.807, 2.05) is 18.2 Å². The van der Waals surface area contributed by atoms with Crippen LogP contribution in [0.3, 0.4) is 0 Å². The van der Waals surface area contributed by atoms with E-state index in [1.165, 1.54) is 5.56 Å². The predicted octanol–water partition coefficient (Wildman–Crippen LogP) is 2.09. The normalized spacial score (nSPS) is 13.9. The van der Waals surface area contributed by atoms with Crippen LogP contribution in [0.15, 0.2) is 30.3 Å². The minimum Gasteiger partial charge on any atom is -0.354 e. The molecule has 0 saturated carbocycles. The van der Waals surface area contributed by atoms with Crippen LogP contribution in [-0.2, 0) is 11.2 Å². The van der Waals surface area contributed by atoms with E-state index >= 15 is 0 Å². The van der Waals surface area contributed by atoms with Gasteiger partial charge < -0.3 is 16.4 Å². The Bertz CT molecular complexity index is 420. The van der Waals surface area contributed by atoms with Crippen LogP contribution in [-0.4, -0.2) is 31.1 Å². The first-order valence-corrected chi connectivity index (χ1v) is 8.33. The number of carbonyl (C=O) groups is 1. The van der Waals surface area contributed by atoms with Crippen LogP contribution in [0.25, 0.3) is 0 Å². The van der Waals surface area contributed by atoms with E-state index in [0.29, 0.717) is 12.5 Å². The van der Waals surface area contributed by atoms with Gasteiger partial charge in [-0.15, -0.1) is 0 Å². The van der Waals surface area contributed by atoms with E-state index in [-0.39, 0.29) is 18.0 Å². The maximum absolute atomic E-state index is 12.2. The number of rotatable bonds is 10. The molecular weight excluding hydrogens is 274 g/mol. The molecule has 0 bridgehead atoms. The van der Waals surface area contributed by atoms with Gasteiger partial charge in [-0.3, -0.25) is 4.79 Å². The van der Waals surface area contributed by atoms with Gasteiger partial charge in [0.1, 0.15) is 0 Å². The Balaban J connectivity index is 2.40. The van der Waals surface area contributed by atoms with Gasteiger partial charge >= 0.3 is 0 Å². The molecule has 1 unspecified atom stereocenters. The second-order valence-corrected chi connectivity index (χ2v) is 6.34. The van der Waals surface area contributed by atoms with Crippen LogP contribution in [0.5, 0.6) is 0 Å². The van der Waals surface area contributed by atoms with E-state index in [2.05, 4.69) is 43.5 Å². The zero-order chi connectivity index (χ0) is 16.4. The summed E-state index contributed by atoms with van der Waals surface area (Å²) in [6.07, 6.45) is 2.63. The molecule has 0 aromatic heterocycles. The highest BCUT2D eigenvalue weighted by molar-refractivity contribution is 5.81. The maximum atomic E-state index is 12.2. The number of amides is 1. The van der Waals surface area contributed by atoms with Crippen molar-refractivity contribution < 1.29 is 4.79 Å². The summed E-state index contributed by atoms with van der Waals surface area (Å²) in [7, 11) is 0. The fraction of sp³-hybridized carbons (Fsp3) is 0.611. The van der Waals surface area contributed by atoms with Gasteiger partial charge in [0.15, 0.2) is 0 Å². The average Bonchev–Trinajstić information content (AvgIpc) is 2.50. The van der Waals surface area contributed by atoms with Gasteiger partial charge in [0.2, 0.25) is 5.91 Å². The molecule has 1 rings (SSSR count). The van der Waals surface area contributed by atoms with Crippen molar-refractivity contribution in [3.63, 3.8) is 0 Å². The van der Waals surface area contributed by atoms with Crippen molar-refractivity contribution in [3.8, 4) is 0 Å². The highest BCUT2D eigenvalue weighted by atomic mass is 16.2. The third kappa shape index (κ3) is 7.57. The van der Waals surface area contributed by atoms with E-state index < -0.39 is 0 Å². The quantitative estimate of drug-likeness (QED) is 0.620. The van der Waals surface area contributed by atoms with E-state index in [0.717, 1.165) is 25.8 Å². The van der Waals surface area contributed by atoms with Crippen LogP contribution in [0, 0.1) is 5.92 Å². The van der Waals surface area contributed by atoms with Crippen molar-refractivity contribution >= 4 is 5.91 Å². The summed E-state index contributed by atoms with van der Waals surface area (Å²) in [6, 6.07) is 10.1. The summed E-state index contributed by atoms with van der Waals surface area (Å²) >= 11 is 0. The van der Waals surface area contributed by atoms with Gasteiger partial charge in [-0.1, -0.05) is 57.5 Å². The molecule has 0 aliphatic carbocycles. The molecule has 0 aliphatic rings. The van der Waals surface area contributed by atoms with Crippen LogP contribution in [0.1, 0.15) is 39.2 Å². The first-order chi connectivity index (χ1) is 10.5. The molecule has 124 valence electrons. The lowest BCUT2D eigenvalue weighted by Gasteiger charge is -2.21. The Morgan fingerprint density at radius 3 is 2.45 bits per heavy atom. The minimum atomic E-state index is -0.148.